The van der Waals surface area contributed by atoms with Crippen molar-refractivity contribution in [1.29, 1.82) is 0 Å². The maximum Gasteiger partial charge on any atom is 0.269 e. The van der Waals surface area contributed by atoms with Gasteiger partial charge in [-0.3, -0.25) is 10.6 Å². The van der Waals surface area contributed by atoms with Crippen LogP contribution >= 0.6 is 0 Å². The van der Waals surface area contributed by atoms with E-state index in [9.17, 15) is 4.79 Å². The van der Waals surface area contributed by atoms with Crippen LogP contribution in [0.1, 0.15) is 23.3 Å². The molecule has 1 aliphatic heterocycles. The smallest absolute Gasteiger partial charge is 0.269 e. The summed E-state index contributed by atoms with van der Waals surface area (Å²) < 4.78 is 0. The lowest BCUT2D eigenvalue weighted by Crippen LogP contribution is -2.33. The molecule has 0 aromatic carbocycles. The first-order valence-electron chi connectivity index (χ1n) is 6.23. The molecule has 1 amide bonds. The molecule has 0 unspecified atom stereocenters. The second-order valence-electron chi connectivity index (χ2n) is 4.38. The number of carbonyl (C=O) groups excluding carboxylic acids is 1. The zero-order chi connectivity index (χ0) is 12.8. The molecule has 2 rings (SSSR count). The van der Waals surface area contributed by atoms with Gasteiger partial charge < -0.3 is 15.6 Å². The maximum absolute atomic E-state index is 11.8. The van der Waals surface area contributed by atoms with E-state index in [0.717, 1.165) is 19.6 Å². The molecule has 0 aliphatic carbocycles. The largest absolute Gasteiger partial charge is 0.349 e. The van der Waals surface area contributed by atoms with Crippen LogP contribution in [0.3, 0.4) is 0 Å². The van der Waals surface area contributed by atoms with E-state index in [1.54, 1.807) is 12.1 Å². The fraction of sp³-hybridized carbons (Fsp3) is 0.500. The van der Waals surface area contributed by atoms with Crippen LogP contribution in [-0.4, -0.2) is 42.0 Å². The summed E-state index contributed by atoms with van der Waals surface area (Å²) >= 11 is 0. The number of pyridine rings is 1. The van der Waals surface area contributed by atoms with E-state index in [1.165, 1.54) is 19.0 Å². The average molecular weight is 249 g/mol. The van der Waals surface area contributed by atoms with E-state index in [-0.39, 0.29) is 5.91 Å². The lowest BCUT2D eigenvalue weighted by atomic mass is 10.3. The Morgan fingerprint density at radius 2 is 2.17 bits per heavy atom. The number of hydrazine groups is 1. The highest BCUT2D eigenvalue weighted by Crippen LogP contribution is 2.06. The third-order valence-corrected chi connectivity index (χ3v) is 3.08. The normalized spacial score (nSPS) is 15.6. The first-order valence-corrected chi connectivity index (χ1v) is 6.23. The lowest BCUT2D eigenvalue weighted by molar-refractivity contribution is 0.0945. The SMILES string of the molecule is NNc1ccc(C(=O)NCCN2CCCC2)nc1. The van der Waals surface area contributed by atoms with Crippen LogP contribution in [0.25, 0.3) is 0 Å². The zero-order valence-corrected chi connectivity index (χ0v) is 10.4. The van der Waals surface area contributed by atoms with E-state index in [2.05, 4.69) is 20.6 Å². The predicted octanol–water partition coefficient (Wildman–Crippen LogP) is 0.193. The molecule has 0 bridgehead atoms. The van der Waals surface area contributed by atoms with E-state index >= 15 is 0 Å². The van der Waals surface area contributed by atoms with Gasteiger partial charge in [0, 0.05) is 13.1 Å². The van der Waals surface area contributed by atoms with Crippen molar-refractivity contribution in [3.63, 3.8) is 0 Å². The minimum Gasteiger partial charge on any atom is -0.349 e. The van der Waals surface area contributed by atoms with Crippen molar-refractivity contribution >= 4 is 11.6 Å². The van der Waals surface area contributed by atoms with Gasteiger partial charge in [-0.15, -0.1) is 0 Å². The van der Waals surface area contributed by atoms with Crippen molar-refractivity contribution < 1.29 is 4.79 Å². The van der Waals surface area contributed by atoms with Crippen LogP contribution in [0, 0.1) is 0 Å². The summed E-state index contributed by atoms with van der Waals surface area (Å²) in [6, 6.07) is 3.38. The second-order valence-corrected chi connectivity index (χ2v) is 4.38. The summed E-state index contributed by atoms with van der Waals surface area (Å²) in [5, 5.41) is 2.87. The van der Waals surface area contributed by atoms with Gasteiger partial charge in [-0.05, 0) is 38.1 Å². The highest BCUT2D eigenvalue weighted by molar-refractivity contribution is 5.92. The fourth-order valence-electron chi connectivity index (χ4n) is 2.04. The van der Waals surface area contributed by atoms with Crippen LogP contribution in [0.4, 0.5) is 5.69 Å². The molecule has 1 aromatic rings. The number of likely N-dealkylation sites (tertiary alicyclic amines) is 1. The first-order chi connectivity index (χ1) is 8.79. The molecule has 0 radical (unpaired) electrons. The van der Waals surface area contributed by atoms with Gasteiger partial charge >= 0.3 is 0 Å². The zero-order valence-electron chi connectivity index (χ0n) is 10.4. The van der Waals surface area contributed by atoms with E-state index in [4.69, 9.17) is 5.84 Å². The molecule has 2 heterocycles. The highest BCUT2D eigenvalue weighted by atomic mass is 16.1. The second kappa shape index (κ2) is 6.32. The Morgan fingerprint density at radius 1 is 1.39 bits per heavy atom. The van der Waals surface area contributed by atoms with Crippen LogP contribution in [-0.2, 0) is 0 Å². The van der Waals surface area contributed by atoms with Crippen LogP contribution in [0.2, 0.25) is 0 Å². The van der Waals surface area contributed by atoms with E-state index in [0.29, 0.717) is 17.9 Å². The quantitative estimate of drug-likeness (QED) is 0.512. The van der Waals surface area contributed by atoms with Crippen LogP contribution in [0.15, 0.2) is 18.3 Å². The summed E-state index contributed by atoms with van der Waals surface area (Å²) in [6.45, 7) is 3.86. The number of nitrogens with zero attached hydrogens (tertiary/aromatic N) is 2. The lowest BCUT2D eigenvalue weighted by Gasteiger charge is -2.14. The molecular weight excluding hydrogens is 230 g/mol. The number of hydrogen-bond donors (Lipinski definition) is 3. The highest BCUT2D eigenvalue weighted by Gasteiger charge is 2.12. The van der Waals surface area contributed by atoms with Gasteiger partial charge in [0.05, 0.1) is 11.9 Å². The Labute approximate surface area is 107 Å². The van der Waals surface area contributed by atoms with Gasteiger partial charge in [0.2, 0.25) is 0 Å². The minimum absolute atomic E-state index is 0.141. The average Bonchev–Trinajstić information content (AvgIpc) is 2.92. The topological polar surface area (TPSA) is 83.3 Å². The Kier molecular flexibility index (Phi) is 4.49. The molecule has 18 heavy (non-hydrogen) atoms. The number of aromatic nitrogens is 1. The third kappa shape index (κ3) is 3.41. The van der Waals surface area contributed by atoms with Crippen molar-refractivity contribution in [3.8, 4) is 0 Å². The predicted molar refractivity (Wildman–Crippen MR) is 70.1 cm³/mol. The maximum atomic E-state index is 11.8. The molecule has 1 aliphatic rings. The van der Waals surface area contributed by atoms with Gasteiger partial charge in [-0.1, -0.05) is 0 Å². The molecular formula is C12H19N5O. The summed E-state index contributed by atoms with van der Waals surface area (Å²) in [5.41, 5.74) is 3.57. The van der Waals surface area contributed by atoms with Crippen LogP contribution in [0.5, 0.6) is 0 Å². The number of nitrogen functional groups attached to an aromatic ring is 1. The Balaban J connectivity index is 1.76. The molecule has 4 N–H and O–H groups in total. The Morgan fingerprint density at radius 3 is 2.78 bits per heavy atom. The van der Waals surface area contributed by atoms with Gasteiger partial charge in [0.15, 0.2) is 0 Å². The van der Waals surface area contributed by atoms with Gasteiger partial charge in [-0.2, -0.15) is 0 Å². The number of carbonyl (C=O) groups is 1. The van der Waals surface area contributed by atoms with Crippen molar-refractivity contribution in [1.82, 2.24) is 15.2 Å². The number of nitrogens with one attached hydrogen (secondary N) is 2. The molecule has 6 heteroatoms. The Hall–Kier alpha value is -1.66. The van der Waals surface area contributed by atoms with Gasteiger partial charge in [-0.25, -0.2) is 4.98 Å². The fourth-order valence-corrected chi connectivity index (χ4v) is 2.04. The number of nitrogens with two attached hydrogens (primary N) is 1. The third-order valence-electron chi connectivity index (χ3n) is 3.08. The van der Waals surface area contributed by atoms with Crippen LogP contribution < -0.4 is 16.6 Å². The molecule has 1 saturated heterocycles. The molecule has 98 valence electrons. The molecule has 0 atom stereocenters. The standard InChI is InChI=1S/C12H19N5O/c13-16-10-3-4-11(15-9-10)12(18)14-5-8-17-6-1-2-7-17/h3-4,9,16H,1-2,5-8,13H2,(H,14,18). The van der Waals surface area contributed by atoms with Gasteiger partial charge in [0.25, 0.3) is 5.91 Å². The Bertz CT molecular complexity index is 386. The van der Waals surface area contributed by atoms with Crippen molar-refractivity contribution in [2.75, 3.05) is 31.6 Å². The number of rotatable bonds is 5. The van der Waals surface area contributed by atoms with Crippen molar-refractivity contribution in [2.24, 2.45) is 5.84 Å². The van der Waals surface area contributed by atoms with Gasteiger partial charge in [0.1, 0.15) is 5.69 Å². The molecule has 6 nitrogen and oxygen atoms in total. The molecule has 1 fully saturated rings. The summed E-state index contributed by atoms with van der Waals surface area (Å²) in [6.07, 6.45) is 4.07. The van der Waals surface area contributed by atoms with E-state index in [1.807, 2.05) is 0 Å². The monoisotopic (exact) mass is 249 g/mol. The molecule has 0 saturated carbocycles. The first kappa shape index (κ1) is 12.8. The van der Waals surface area contributed by atoms with Crippen molar-refractivity contribution in [2.45, 2.75) is 12.8 Å². The number of hydrogen-bond acceptors (Lipinski definition) is 5. The van der Waals surface area contributed by atoms with E-state index < -0.39 is 0 Å². The molecule has 1 aromatic heterocycles. The minimum atomic E-state index is -0.141. The number of anilines is 1. The summed E-state index contributed by atoms with van der Waals surface area (Å²) in [7, 11) is 0. The summed E-state index contributed by atoms with van der Waals surface area (Å²) in [4.78, 5) is 18.2. The molecule has 0 spiro atoms. The van der Waals surface area contributed by atoms with Crippen molar-refractivity contribution in [3.05, 3.63) is 24.0 Å². The number of amides is 1. The summed E-state index contributed by atoms with van der Waals surface area (Å²) in [5.74, 6) is 5.09.